The summed E-state index contributed by atoms with van der Waals surface area (Å²) in [6.45, 7) is 7.23. The molecule has 1 aliphatic heterocycles. The molecule has 1 unspecified atom stereocenters. The lowest BCUT2D eigenvalue weighted by molar-refractivity contribution is 0.154. The minimum absolute atomic E-state index is 0. The molecule has 0 amide bonds. The van der Waals surface area contributed by atoms with Gasteiger partial charge in [-0.05, 0) is 19.0 Å². The van der Waals surface area contributed by atoms with Gasteiger partial charge < -0.3 is 10.2 Å². The Morgan fingerprint density at radius 1 is 1.05 bits per heavy atom. The molecule has 0 aromatic heterocycles. The van der Waals surface area contributed by atoms with Crippen molar-refractivity contribution in [2.45, 2.75) is 18.4 Å². The van der Waals surface area contributed by atoms with Crippen molar-refractivity contribution in [3.8, 4) is 0 Å². The van der Waals surface area contributed by atoms with E-state index in [4.69, 9.17) is 0 Å². The molecular formula is C16H27Cl2N3. The van der Waals surface area contributed by atoms with Gasteiger partial charge in [0, 0.05) is 51.2 Å². The van der Waals surface area contributed by atoms with Gasteiger partial charge in [0.15, 0.2) is 0 Å². The summed E-state index contributed by atoms with van der Waals surface area (Å²) in [6, 6.07) is 11.6. The summed E-state index contributed by atoms with van der Waals surface area (Å²) in [4.78, 5) is 4.99. The zero-order valence-corrected chi connectivity index (χ0v) is 14.3. The second-order valence-electron chi connectivity index (χ2n) is 5.96. The van der Waals surface area contributed by atoms with Gasteiger partial charge >= 0.3 is 0 Å². The fraction of sp³-hybridized carbons (Fsp3) is 0.625. The van der Waals surface area contributed by atoms with Crippen LogP contribution in [0.25, 0.3) is 0 Å². The Morgan fingerprint density at radius 2 is 1.71 bits per heavy atom. The van der Waals surface area contributed by atoms with Gasteiger partial charge in [0.25, 0.3) is 0 Å². The van der Waals surface area contributed by atoms with E-state index in [0.29, 0.717) is 0 Å². The first-order valence-electron chi connectivity index (χ1n) is 7.52. The Hall–Kier alpha value is -0.320. The van der Waals surface area contributed by atoms with Crippen LogP contribution in [-0.2, 0) is 0 Å². The standard InChI is InChI=1S/C16H25N3.2ClH/c1-18-9-11-19(12-10-18)8-7-17-16-13-15(16)14-5-3-2-4-6-14;;/h2-6,15-17H,7-13H2,1H3;2*1H/t15?,16-;;/m0../s1. The van der Waals surface area contributed by atoms with Crippen LogP contribution in [0.3, 0.4) is 0 Å². The Morgan fingerprint density at radius 3 is 2.38 bits per heavy atom. The highest BCUT2D eigenvalue weighted by Crippen LogP contribution is 2.40. The maximum Gasteiger partial charge on any atom is 0.0143 e. The number of halogens is 2. The molecule has 3 rings (SSSR count). The monoisotopic (exact) mass is 331 g/mol. The molecule has 2 fully saturated rings. The van der Waals surface area contributed by atoms with Gasteiger partial charge in [-0.1, -0.05) is 30.3 Å². The maximum absolute atomic E-state index is 3.71. The number of hydrogen-bond acceptors (Lipinski definition) is 3. The first-order valence-corrected chi connectivity index (χ1v) is 7.52. The quantitative estimate of drug-likeness (QED) is 0.892. The van der Waals surface area contributed by atoms with E-state index in [1.165, 1.54) is 44.7 Å². The van der Waals surface area contributed by atoms with E-state index >= 15 is 0 Å². The van der Waals surface area contributed by atoms with E-state index in [0.717, 1.165) is 18.5 Å². The first kappa shape index (κ1) is 18.7. The Kier molecular flexibility index (Phi) is 7.99. The summed E-state index contributed by atoms with van der Waals surface area (Å²) in [5.74, 6) is 0.758. The SMILES string of the molecule is CN1CCN(CCN[C@H]2CC2c2ccccc2)CC1.Cl.Cl. The number of rotatable bonds is 5. The Labute approximate surface area is 140 Å². The van der Waals surface area contributed by atoms with Gasteiger partial charge in [0.1, 0.15) is 0 Å². The van der Waals surface area contributed by atoms with Crippen molar-refractivity contribution in [2.24, 2.45) is 0 Å². The molecule has 1 heterocycles. The normalized spacial score (nSPS) is 25.8. The number of likely N-dealkylation sites (N-methyl/N-ethyl adjacent to an activating group) is 1. The number of benzene rings is 1. The highest BCUT2D eigenvalue weighted by molar-refractivity contribution is 5.85. The van der Waals surface area contributed by atoms with E-state index in [1.54, 1.807) is 0 Å². The first-order chi connectivity index (χ1) is 9.33. The van der Waals surface area contributed by atoms with E-state index in [1.807, 2.05) is 0 Å². The molecule has 120 valence electrons. The van der Waals surface area contributed by atoms with E-state index in [9.17, 15) is 0 Å². The number of piperazine rings is 1. The molecule has 21 heavy (non-hydrogen) atoms. The van der Waals surface area contributed by atoms with Crippen molar-refractivity contribution in [2.75, 3.05) is 46.3 Å². The predicted molar refractivity (Wildman–Crippen MR) is 94.0 cm³/mol. The Balaban J connectivity index is 0.00000110. The van der Waals surface area contributed by atoms with Crippen LogP contribution < -0.4 is 5.32 Å². The smallest absolute Gasteiger partial charge is 0.0143 e. The molecule has 0 bridgehead atoms. The minimum atomic E-state index is 0. The summed E-state index contributed by atoms with van der Waals surface area (Å²) in [6.07, 6.45) is 1.31. The molecule has 1 aliphatic carbocycles. The molecule has 0 radical (unpaired) electrons. The minimum Gasteiger partial charge on any atom is -0.312 e. The van der Waals surface area contributed by atoms with Gasteiger partial charge in [0.05, 0.1) is 0 Å². The zero-order valence-electron chi connectivity index (χ0n) is 12.7. The van der Waals surface area contributed by atoms with Crippen LogP contribution in [0.1, 0.15) is 17.9 Å². The Bertz CT molecular complexity index is 394. The van der Waals surface area contributed by atoms with E-state index in [2.05, 4.69) is 52.5 Å². The molecule has 2 atom stereocenters. The van der Waals surface area contributed by atoms with Gasteiger partial charge in [-0.25, -0.2) is 0 Å². The van der Waals surface area contributed by atoms with Gasteiger partial charge in [0.2, 0.25) is 0 Å². The predicted octanol–water partition coefficient (Wildman–Crippen LogP) is 2.22. The fourth-order valence-corrected chi connectivity index (χ4v) is 2.97. The van der Waals surface area contributed by atoms with Gasteiger partial charge in [-0.15, -0.1) is 24.8 Å². The highest BCUT2D eigenvalue weighted by atomic mass is 35.5. The zero-order chi connectivity index (χ0) is 13.1. The van der Waals surface area contributed by atoms with Crippen LogP contribution in [0.4, 0.5) is 0 Å². The third-order valence-corrected chi connectivity index (χ3v) is 4.45. The summed E-state index contributed by atoms with van der Waals surface area (Å²) < 4.78 is 0. The molecule has 5 heteroatoms. The van der Waals surface area contributed by atoms with Crippen LogP contribution in [0.15, 0.2) is 30.3 Å². The van der Waals surface area contributed by atoms with Crippen molar-refractivity contribution in [1.82, 2.24) is 15.1 Å². The van der Waals surface area contributed by atoms with Crippen molar-refractivity contribution in [3.63, 3.8) is 0 Å². The van der Waals surface area contributed by atoms with Crippen LogP contribution in [0, 0.1) is 0 Å². The fourth-order valence-electron chi connectivity index (χ4n) is 2.97. The van der Waals surface area contributed by atoms with Crippen molar-refractivity contribution < 1.29 is 0 Å². The molecule has 1 saturated carbocycles. The summed E-state index contributed by atoms with van der Waals surface area (Å²) in [5, 5.41) is 3.71. The van der Waals surface area contributed by atoms with Crippen LogP contribution in [0.5, 0.6) is 0 Å². The van der Waals surface area contributed by atoms with Crippen molar-refractivity contribution in [3.05, 3.63) is 35.9 Å². The van der Waals surface area contributed by atoms with E-state index in [-0.39, 0.29) is 24.8 Å². The molecule has 3 nitrogen and oxygen atoms in total. The number of hydrogen-bond donors (Lipinski definition) is 1. The van der Waals surface area contributed by atoms with Gasteiger partial charge in [-0.3, -0.25) is 4.90 Å². The molecule has 0 spiro atoms. The second-order valence-corrected chi connectivity index (χ2v) is 5.96. The lowest BCUT2D eigenvalue weighted by Crippen LogP contribution is -2.46. The third-order valence-electron chi connectivity index (χ3n) is 4.45. The topological polar surface area (TPSA) is 18.5 Å². The van der Waals surface area contributed by atoms with Crippen LogP contribution in [0.2, 0.25) is 0 Å². The average molecular weight is 332 g/mol. The average Bonchev–Trinajstić information content (AvgIpc) is 3.22. The van der Waals surface area contributed by atoms with Crippen LogP contribution >= 0.6 is 24.8 Å². The molecule has 1 aromatic carbocycles. The molecule has 1 N–H and O–H groups in total. The van der Waals surface area contributed by atoms with Gasteiger partial charge in [-0.2, -0.15) is 0 Å². The summed E-state index contributed by atoms with van der Waals surface area (Å²) in [5.41, 5.74) is 1.50. The third kappa shape index (κ3) is 5.42. The van der Waals surface area contributed by atoms with E-state index < -0.39 is 0 Å². The number of nitrogens with one attached hydrogen (secondary N) is 1. The van der Waals surface area contributed by atoms with Crippen LogP contribution in [-0.4, -0.2) is 62.2 Å². The lowest BCUT2D eigenvalue weighted by Gasteiger charge is -2.32. The largest absolute Gasteiger partial charge is 0.312 e. The summed E-state index contributed by atoms with van der Waals surface area (Å²) in [7, 11) is 2.21. The second kappa shape index (κ2) is 8.96. The highest BCUT2D eigenvalue weighted by Gasteiger charge is 2.37. The molecule has 1 saturated heterocycles. The summed E-state index contributed by atoms with van der Waals surface area (Å²) >= 11 is 0. The van der Waals surface area contributed by atoms with Crippen molar-refractivity contribution in [1.29, 1.82) is 0 Å². The molecular weight excluding hydrogens is 305 g/mol. The number of nitrogens with zero attached hydrogens (tertiary/aromatic N) is 2. The molecule has 2 aliphatic rings. The maximum atomic E-state index is 3.71. The lowest BCUT2D eigenvalue weighted by atomic mass is 10.1. The molecule has 1 aromatic rings. The van der Waals surface area contributed by atoms with Crippen molar-refractivity contribution >= 4 is 24.8 Å².